The van der Waals surface area contributed by atoms with Crippen molar-refractivity contribution >= 4 is 0 Å². The van der Waals surface area contributed by atoms with Gasteiger partial charge in [0.25, 0.3) is 0 Å². The first-order chi connectivity index (χ1) is 7.59. The van der Waals surface area contributed by atoms with E-state index in [1.54, 1.807) is 0 Å². The van der Waals surface area contributed by atoms with Crippen LogP contribution < -0.4 is 11.1 Å². The fraction of sp³-hybridized carbons (Fsp3) is 0.538. The molecule has 3 heteroatoms. The highest BCUT2D eigenvalue weighted by molar-refractivity contribution is 5.18. The molecule has 0 aliphatic heterocycles. The Morgan fingerprint density at radius 2 is 1.94 bits per heavy atom. The zero-order chi connectivity index (χ0) is 12.0. The molecule has 1 aromatic carbocycles. The Balaban J connectivity index is 2.64. The molecule has 0 amide bonds. The van der Waals surface area contributed by atoms with E-state index in [-0.39, 0.29) is 11.4 Å². The largest absolute Gasteiger partial charge is 0.329 e. The van der Waals surface area contributed by atoms with Crippen LogP contribution in [-0.2, 0) is 6.42 Å². The van der Waals surface area contributed by atoms with Crippen molar-refractivity contribution < 1.29 is 4.39 Å². The van der Waals surface area contributed by atoms with Crippen molar-refractivity contribution in [3.63, 3.8) is 0 Å². The van der Waals surface area contributed by atoms with Gasteiger partial charge in [-0.1, -0.05) is 19.1 Å². The molecular weight excluding hydrogens is 203 g/mol. The number of halogens is 1. The van der Waals surface area contributed by atoms with Crippen molar-refractivity contribution in [3.05, 3.63) is 35.6 Å². The first kappa shape index (κ1) is 13.1. The first-order valence-electron chi connectivity index (χ1n) is 5.79. The smallest absolute Gasteiger partial charge is 0.123 e. The van der Waals surface area contributed by atoms with Gasteiger partial charge in [-0.2, -0.15) is 0 Å². The van der Waals surface area contributed by atoms with E-state index in [2.05, 4.69) is 19.2 Å². The van der Waals surface area contributed by atoms with Crippen molar-refractivity contribution in [3.8, 4) is 0 Å². The first-order valence-corrected chi connectivity index (χ1v) is 5.79. The van der Waals surface area contributed by atoms with Crippen LogP contribution in [0.1, 0.15) is 25.8 Å². The van der Waals surface area contributed by atoms with Gasteiger partial charge in [0, 0.05) is 12.1 Å². The van der Waals surface area contributed by atoms with E-state index in [9.17, 15) is 4.39 Å². The summed E-state index contributed by atoms with van der Waals surface area (Å²) in [5.74, 6) is -0.195. The molecule has 1 atom stereocenters. The van der Waals surface area contributed by atoms with E-state index in [4.69, 9.17) is 5.73 Å². The lowest BCUT2D eigenvalue weighted by molar-refractivity contribution is 0.362. The predicted molar refractivity (Wildman–Crippen MR) is 65.9 cm³/mol. The van der Waals surface area contributed by atoms with Gasteiger partial charge in [-0.3, -0.25) is 0 Å². The van der Waals surface area contributed by atoms with Crippen LogP contribution >= 0.6 is 0 Å². The van der Waals surface area contributed by atoms with Gasteiger partial charge in [0.15, 0.2) is 0 Å². The summed E-state index contributed by atoms with van der Waals surface area (Å²) in [4.78, 5) is 0. The molecule has 0 aliphatic carbocycles. The molecule has 0 aromatic heterocycles. The third kappa shape index (κ3) is 3.91. The maximum Gasteiger partial charge on any atom is 0.123 e. The Kier molecular flexibility index (Phi) is 4.90. The van der Waals surface area contributed by atoms with Gasteiger partial charge in [0.05, 0.1) is 0 Å². The fourth-order valence-corrected chi connectivity index (χ4v) is 1.69. The lowest BCUT2D eigenvalue weighted by Gasteiger charge is -2.29. The summed E-state index contributed by atoms with van der Waals surface area (Å²) < 4.78 is 12.8. The average molecular weight is 224 g/mol. The van der Waals surface area contributed by atoms with Crippen LogP contribution in [-0.4, -0.2) is 18.6 Å². The predicted octanol–water partition coefficient (Wildman–Crippen LogP) is 2.09. The van der Waals surface area contributed by atoms with Gasteiger partial charge in [-0.25, -0.2) is 4.39 Å². The second kappa shape index (κ2) is 5.97. The highest BCUT2D eigenvalue weighted by atomic mass is 19.1. The van der Waals surface area contributed by atoms with Crippen molar-refractivity contribution in [1.29, 1.82) is 0 Å². The third-order valence-electron chi connectivity index (χ3n) is 2.76. The van der Waals surface area contributed by atoms with Crippen LogP contribution in [0.5, 0.6) is 0 Å². The maximum atomic E-state index is 12.8. The Labute approximate surface area is 97.0 Å². The number of hydrogen-bond acceptors (Lipinski definition) is 2. The fourth-order valence-electron chi connectivity index (χ4n) is 1.69. The van der Waals surface area contributed by atoms with Crippen molar-refractivity contribution in [2.75, 3.05) is 13.1 Å². The highest BCUT2D eigenvalue weighted by Gasteiger charge is 2.21. The van der Waals surface area contributed by atoms with E-state index < -0.39 is 0 Å². The van der Waals surface area contributed by atoms with E-state index in [0.29, 0.717) is 6.54 Å². The van der Waals surface area contributed by atoms with Crippen molar-refractivity contribution in [2.45, 2.75) is 32.2 Å². The van der Waals surface area contributed by atoms with E-state index >= 15 is 0 Å². The molecule has 0 saturated heterocycles. The molecule has 3 N–H and O–H groups in total. The summed E-state index contributed by atoms with van der Waals surface area (Å²) in [6, 6.07) is 6.62. The van der Waals surface area contributed by atoms with Crippen LogP contribution in [0.15, 0.2) is 24.3 Å². The maximum absolute atomic E-state index is 12.8. The average Bonchev–Trinajstić information content (AvgIpc) is 2.30. The minimum atomic E-state index is -0.195. The summed E-state index contributed by atoms with van der Waals surface area (Å²) in [5.41, 5.74) is 6.79. The minimum Gasteiger partial charge on any atom is -0.329 e. The van der Waals surface area contributed by atoms with Gasteiger partial charge < -0.3 is 11.1 Å². The van der Waals surface area contributed by atoms with E-state index in [1.807, 2.05) is 12.1 Å². The standard InChI is InChI=1S/C13H21FN2/c1-3-8-16-13(2,10-15)9-11-4-6-12(14)7-5-11/h4-7,16H,3,8-10,15H2,1-2H3. The number of nitrogens with two attached hydrogens (primary N) is 1. The molecule has 0 saturated carbocycles. The molecule has 0 bridgehead atoms. The Bertz CT molecular complexity index is 310. The molecule has 1 unspecified atom stereocenters. The number of benzene rings is 1. The van der Waals surface area contributed by atoms with Gasteiger partial charge >= 0.3 is 0 Å². The van der Waals surface area contributed by atoms with Gasteiger partial charge in [0.2, 0.25) is 0 Å². The Hall–Kier alpha value is -0.930. The highest BCUT2D eigenvalue weighted by Crippen LogP contribution is 2.13. The Morgan fingerprint density at radius 1 is 1.31 bits per heavy atom. The van der Waals surface area contributed by atoms with E-state index in [0.717, 1.165) is 24.9 Å². The zero-order valence-corrected chi connectivity index (χ0v) is 10.1. The minimum absolute atomic E-state index is 0.103. The third-order valence-corrected chi connectivity index (χ3v) is 2.76. The van der Waals surface area contributed by atoms with Gasteiger partial charge in [-0.15, -0.1) is 0 Å². The lowest BCUT2D eigenvalue weighted by Crippen LogP contribution is -2.50. The van der Waals surface area contributed by atoms with Crippen molar-refractivity contribution in [1.82, 2.24) is 5.32 Å². The zero-order valence-electron chi connectivity index (χ0n) is 10.1. The molecule has 90 valence electrons. The quantitative estimate of drug-likeness (QED) is 0.776. The number of rotatable bonds is 6. The molecular formula is C13H21FN2. The van der Waals surface area contributed by atoms with Crippen LogP contribution in [0.25, 0.3) is 0 Å². The molecule has 0 spiro atoms. The van der Waals surface area contributed by atoms with Crippen LogP contribution in [0, 0.1) is 5.82 Å². The van der Waals surface area contributed by atoms with Crippen molar-refractivity contribution in [2.24, 2.45) is 5.73 Å². The molecule has 1 rings (SSSR count). The van der Waals surface area contributed by atoms with Crippen LogP contribution in [0.2, 0.25) is 0 Å². The summed E-state index contributed by atoms with van der Waals surface area (Å²) in [6.07, 6.45) is 1.91. The van der Waals surface area contributed by atoms with Crippen LogP contribution in [0.3, 0.4) is 0 Å². The lowest BCUT2D eigenvalue weighted by atomic mass is 9.92. The molecule has 2 nitrogen and oxygen atoms in total. The van der Waals surface area contributed by atoms with Gasteiger partial charge in [0.1, 0.15) is 5.82 Å². The second-order valence-electron chi connectivity index (χ2n) is 4.49. The normalized spacial score (nSPS) is 14.8. The van der Waals surface area contributed by atoms with E-state index in [1.165, 1.54) is 12.1 Å². The summed E-state index contributed by atoms with van der Waals surface area (Å²) >= 11 is 0. The topological polar surface area (TPSA) is 38.0 Å². The summed E-state index contributed by atoms with van der Waals surface area (Å²) in [5, 5.41) is 3.44. The SMILES string of the molecule is CCCNC(C)(CN)Cc1ccc(F)cc1. The summed E-state index contributed by atoms with van der Waals surface area (Å²) in [6.45, 7) is 5.76. The van der Waals surface area contributed by atoms with Gasteiger partial charge in [-0.05, 0) is 44.0 Å². The molecule has 16 heavy (non-hydrogen) atoms. The monoisotopic (exact) mass is 224 g/mol. The molecule has 1 aromatic rings. The number of nitrogens with one attached hydrogen (secondary N) is 1. The molecule has 0 fully saturated rings. The summed E-state index contributed by atoms with van der Waals surface area (Å²) in [7, 11) is 0. The number of hydrogen-bond donors (Lipinski definition) is 2. The van der Waals surface area contributed by atoms with Crippen LogP contribution in [0.4, 0.5) is 4.39 Å². The molecule has 0 radical (unpaired) electrons. The second-order valence-corrected chi connectivity index (χ2v) is 4.49. The molecule has 0 heterocycles. The Morgan fingerprint density at radius 3 is 2.44 bits per heavy atom. The molecule has 0 aliphatic rings.